The van der Waals surface area contributed by atoms with Gasteiger partial charge in [0.15, 0.2) is 0 Å². The zero-order valence-corrected chi connectivity index (χ0v) is 17.5. The molecule has 1 saturated heterocycles. The maximum absolute atomic E-state index is 12.5. The molecule has 3 amide bonds. The Morgan fingerprint density at radius 2 is 1.76 bits per heavy atom. The lowest BCUT2D eigenvalue weighted by molar-refractivity contribution is -0.125. The summed E-state index contributed by atoms with van der Waals surface area (Å²) in [6.45, 7) is 6.30. The molecule has 1 aliphatic heterocycles. The topological polar surface area (TPSA) is 64.7 Å². The summed E-state index contributed by atoms with van der Waals surface area (Å²) in [6, 6.07) is 9.86. The average Bonchev–Trinajstić information content (AvgIpc) is 2.75. The van der Waals surface area contributed by atoms with E-state index in [0.717, 1.165) is 58.4 Å². The highest BCUT2D eigenvalue weighted by molar-refractivity contribution is 5.96. The zero-order chi connectivity index (χ0) is 20.5. The van der Waals surface area contributed by atoms with Gasteiger partial charge < -0.3 is 5.32 Å². The number of hydrogen-bond acceptors (Lipinski definition) is 4. The molecule has 1 aromatic rings. The van der Waals surface area contributed by atoms with E-state index in [9.17, 15) is 9.59 Å². The monoisotopic (exact) mass is 398 g/mol. The Balaban J connectivity index is 1.36. The van der Waals surface area contributed by atoms with Crippen molar-refractivity contribution in [2.75, 3.05) is 32.7 Å². The standard InChI is InChI=1S/C23H34N4O2/c1-19(22(28)25-23(29)24-21-12-6-3-7-13-21)27-17-15-26(16-18-27)14-8-11-20-9-4-2-5-10-20/h2,4-5,8-11,19,21H,3,6-7,12-18H2,1H3,(H2,24,25,28,29)/b11-8+/t19-/m0/s1. The lowest BCUT2D eigenvalue weighted by Crippen LogP contribution is -2.56. The van der Waals surface area contributed by atoms with Crippen molar-refractivity contribution >= 4 is 18.0 Å². The van der Waals surface area contributed by atoms with E-state index in [1.807, 2.05) is 25.1 Å². The molecule has 0 unspecified atom stereocenters. The quantitative estimate of drug-likeness (QED) is 0.773. The molecule has 2 aliphatic rings. The second-order valence-corrected chi connectivity index (χ2v) is 8.12. The molecule has 1 saturated carbocycles. The van der Waals surface area contributed by atoms with E-state index in [1.165, 1.54) is 12.0 Å². The second-order valence-electron chi connectivity index (χ2n) is 8.12. The largest absolute Gasteiger partial charge is 0.335 e. The van der Waals surface area contributed by atoms with Crippen LogP contribution in [0.4, 0.5) is 4.79 Å². The predicted octanol–water partition coefficient (Wildman–Crippen LogP) is 2.86. The summed E-state index contributed by atoms with van der Waals surface area (Å²) in [5.41, 5.74) is 1.21. The highest BCUT2D eigenvalue weighted by Crippen LogP contribution is 2.17. The minimum atomic E-state index is -0.349. The highest BCUT2D eigenvalue weighted by atomic mass is 16.2. The molecule has 0 radical (unpaired) electrons. The van der Waals surface area contributed by atoms with Gasteiger partial charge in [0.05, 0.1) is 6.04 Å². The molecule has 1 aliphatic carbocycles. The van der Waals surface area contributed by atoms with Gasteiger partial charge in [-0.05, 0) is 25.3 Å². The van der Waals surface area contributed by atoms with Crippen LogP contribution >= 0.6 is 0 Å². The van der Waals surface area contributed by atoms with E-state index >= 15 is 0 Å². The van der Waals surface area contributed by atoms with Crippen LogP contribution in [-0.2, 0) is 4.79 Å². The zero-order valence-electron chi connectivity index (χ0n) is 17.5. The third-order valence-electron chi connectivity index (χ3n) is 5.98. The average molecular weight is 399 g/mol. The second kappa shape index (κ2) is 11.1. The lowest BCUT2D eigenvalue weighted by Gasteiger charge is -2.37. The lowest BCUT2D eigenvalue weighted by atomic mass is 9.96. The predicted molar refractivity (Wildman–Crippen MR) is 116 cm³/mol. The van der Waals surface area contributed by atoms with Gasteiger partial charge in [-0.1, -0.05) is 61.7 Å². The molecular weight excluding hydrogens is 364 g/mol. The fraction of sp³-hybridized carbons (Fsp3) is 0.565. The summed E-state index contributed by atoms with van der Waals surface area (Å²) < 4.78 is 0. The summed E-state index contributed by atoms with van der Waals surface area (Å²) in [7, 11) is 0. The molecule has 6 nitrogen and oxygen atoms in total. The number of hydrogen-bond donors (Lipinski definition) is 2. The number of benzene rings is 1. The summed E-state index contributed by atoms with van der Waals surface area (Å²) in [6.07, 6.45) is 9.91. The van der Waals surface area contributed by atoms with Gasteiger partial charge in [0, 0.05) is 38.8 Å². The smallest absolute Gasteiger partial charge is 0.321 e. The van der Waals surface area contributed by atoms with Gasteiger partial charge in [-0.2, -0.15) is 0 Å². The number of amides is 3. The number of urea groups is 1. The van der Waals surface area contributed by atoms with Crippen molar-refractivity contribution in [2.45, 2.75) is 51.1 Å². The van der Waals surface area contributed by atoms with Crippen molar-refractivity contribution < 1.29 is 9.59 Å². The summed E-state index contributed by atoms with van der Waals surface area (Å²) in [5, 5.41) is 5.48. The number of carbonyl (C=O) groups is 2. The molecule has 6 heteroatoms. The summed E-state index contributed by atoms with van der Waals surface area (Å²) in [4.78, 5) is 29.1. The molecule has 3 rings (SSSR count). The Hall–Kier alpha value is -2.18. The van der Waals surface area contributed by atoms with E-state index in [4.69, 9.17) is 0 Å². The van der Waals surface area contributed by atoms with Gasteiger partial charge in [0.2, 0.25) is 5.91 Å². The molecule has 158 valence electrons. The fourth-order valence-electron chi connectivity index (χ4n) is 4.09. The maximum Gasteiger partial charge on any atom is 0.321 e. The molecule has 0 spiro atoms. The van der Waals surface area contributed by atoms with Crippen LogP contribution in [0.15, 0.2) is 36.4 Å². The third-order valence-corrected chi connectivity index (χ3v) is 5.98. The first-order chi connectivity index (χ1) is 14.1. The molecule has 1 heterocycles. The van der Waals surface area contributed by atoms with Crippen molar-refractivity contribution in [3.63, 3.8) is 0 Å². The molecule has 1 atom stereocenters. The van der Waals surface area contributed by atoms with Crippen LogP contribution in [0.5, 0.6) is 0 Å². The maximum atomic E-state index is 12.5. The van der Waals surface area contributed by atoms with Gasteiger partial charge in [-0.25, -0.2) is 4.79 Å². The van der Waals surface area contributed by atoms with E-state index in [2.05, 4.69) is 44.7 Å². The third kappa shape index (κ3) is 6.98. The summed E-state index contributed by atoms with van der Waals surface area (Å²) in [5.74, 6) is -0.212. The van der Waals surface area contributed by atoms with E-state index in [1.54, 1.807) is 0 Å². The van der Waals surface area contributed by atoms with Crippen LogP contribution in [0, 0.1) is 0 Å². The number of carbonyl (C=O) groups excluding carboxylic acids is 2. The first kappa shape index (κ1) is 21.5. The molecule has 2 N–H and O–H groups in total. The molecule has 29 heavy (non-hydrogen) atoms. The van der Waals surface area contributed by atoms with Crippen molar-refractivity contribution in [1.29, 1.82) is 0 Å². The van der Waals surface area contributed by atoms with Gasteiger partial charge in [0.1, 0.15) is 0 Å². The van der Waals surface area contributed by atoms with Crippen LogP contribution in [0.25, 0.3) is 6.08 Å². The molecule has 0 aromatic heterocycles. The Bertz CT molecular complexity index is 677. The van der Waals surface area contributed by atoms with Gasteiger partial charge >= 0.3 is 6.03 Å². The van der Waals surface area contributed by atoms with Crippen LogP contribution in [0.3, 0.4) is 0 Å². The first-order valence-corrected chi connectivity index (χ1v) is 10.9. The van der Waals surface area contributed by atoms with E-state index in [0.29, 0.717) is 0 Å². The van der Waals surface area contributed by atoms with Crippen LogP contribution in [0.1, 0.15) is 44.6 Å². The number of imide groups is 1. The van der Waals surface area contributed by atoms with Gasteiger partial charge in [-0.3, -0.25) is 19.9 Å². The minimum Gasteiger partial charge on any atom is -0.335 e. The molecule has 0 bridgehead atoms. The van der Waals surface area contributed by atoms with Crippen LogP contribution in [0.2, 0.25) is 0 Å². The van der Waals surface area contributed by atoms with Crippen molar-refractivity contribution in [3.05, 3.63) is 42.0 Å². The van der Waals surface area contributed by atoms with Crippen molar-refractivity contribution in [3.8, 4) is 0 Å². The van der Waals surface area contributed by atoms with E-state index in [-0.39, 0.29) is 24.0 Å². The Kier molecular flexibility index (Phi) is 8.25. The summed E-state index contributed by atoms with van der Waals surface area (Å²) >= 11 is 0. The Morgan fingerprint density at radius 3 is 2.45 bits per heavy atom. The van der Waals surface area contributed by atoms with E-state index < -0.39 is 0 Å². The fourth-order valence-corrected chi connectivity index (χ4v) is 4.09. The molecule has 2 fully saturated rings. The number of nitrogens with one attached hydrogen (secondary N) is 2. The number of nitrogens with zero attached hydrogens (tertiary/aromatic N) is 2. The SMILES string of the molecule is C[C@@H](C(=O)NC(=O)NC1CCCCC1)N1CCN(C/C=C/c2ccccc2)CC1. The van der Waals surface area contributed by atoms with Gasteiger partial charge in [0.25, 0.3) is 0 Å². The molecule has 1 aromatic carbocycles. The number of rotatable bonds is 6. The van der Waals surface area contributed by atoms with Crippen molar-refractivity contribution in [2.24, 2.45) is 0 Å². The van der Waals surface area contributed by atoms with Crippen molar-refractivity contribution in [1.82, 2.24) is 20.4 Å². The Labute approximate surface area is 174 Å². The van der Waals surface area contributed by atoms with Gasteiger partial charge in [-0.15, -0.1) is 0 Å². The van der Waals surface area contributed by atoms with Crippen LogP contribution < -0.4 is 10.6 Å². The minimum absolute atomic E-state index is 0.208. The van der Waals surface area contributed by atoms with Crippen LogP contribution in [-0.4, -0.2) is 66.5 Å². The molecular formula is C23H34N4O2. The highest BCUT2D eigenvalue weighted by Gasteiger charge is 2.26. The normalized spacial score (nSPS) is 20.4. The Morgan fingerprint density at radius 1 is 1.07 bits per heavy atom. The first-order valence-electron chi connectivity index (χ1n) is 10.9. The number of piperazine rings is 1.